The van der Waals surface area contributed by atoms with Crippen LogP contribution >= 0.6 is 11.8 Å². The fourth-order valence-corrected chi connectivity index (χ4v) is 3.64. The number of hydrogen-bond acceptors (Lipinski definition) is 6. The molecule has 166 valence electrons. The second-order valence-corrected chi connectivity index (χ2v) is 7.83. The Labute approximate surface area is 183 Å². The van der Waals surface area contributed by atoms with E-state index in [2.05, 4.69) is 10.3 Å². The highest BCUT2D eigenvalue weighted by Crippen LogP contribution is 2.19. The molecule has 3 rings (SSSR count). The summed E-state index contributed by atoms with van der Waals surface area (Å²) in [6, 6.07) is 6.61. The van der Waals surface area contributed by atoms with Crippen molar-refractivity contribution in [3.8, 4) is 5.75 Å². The number of carbonyl (C=O) groups excluding carboxylic acids is 2. The second kappa shape index (κ2) is 11.6. The van der Waals surface area contributed by atoms with Crippen LogP contribution in [0, 0.1) is 11.6 Å². The molecule has 1 fully saturated rings. The van der Waals surface area contributed by atoms with Crippen molar-refractivity contribution in [3.05, 3.63) is 59.9 Å². The van der Waals surface area contributed by atoms with Gasteiger partial charge in [0.15, 0.2) is 11.6 Å². The van der Waals surface area contributed by atoms with Crippen molar-refractivity contribution in [1.29, 1.82) is 0 Å². The van der Waals surface area contributed by atoms with Crippen molar-refractivity contribution in [2.24, 2.45) is 0 Å². The SMILES string of the molecule is O=C(CSCC(=O)N1CCOC(COc2cc(F)ccc2F)C1)NCc1ccncc1. The maximum Gasteiger partial charge on any atom is 0.232 e. The molecule has 1 atom stereocenters. The Morgan fingerprint density at radius 3 is 2.84 bits per heavy atom. The monoisotopic (exact) mass is 451 g/mol. The van der Waals surface area contributed by atoms with E-state index in [0.717, 1.165) is 23.8 Å². The summed E-state index contributed by atoms with van der Waals surface area (Å²) in [5.74, 6) is -1.39. The summed E-state index contributed by atoms with van der Waals surface area (Å²) in [6.45, 7) is 1.44. The zero-order chi connectivity index (χ0) is 22.1. The number of nitrogens with one attached hydrogen (secondary N) is 1. The van der Waals surface area contributed by atoms with E-state index in [0.29, 0.717) is 19.7 Å². The van der Waals surface area contributed by atoms with Gasteiger partial charge in [0.2, 0.25) is 11.8 Å². The summed E-state index contributed by atoms with van der Waals surface area (Å²) in [4.78, 5) is 29.9. The molecule has 0 spiro atoms. The molecule has 0 radical (unpaired) electrons. The van der Waals surface area contributed by atoms with Crippen LogP contribution < -0.4 is 10.1 Å². The fraction of sp³-hybridized carbons (Fsp3) is 0.381. The minimum absolute atomic E-state index is 0.00525. The van der Waals surface area contributed by atoms with Crippen LogP contribution in [0.2, 0.25) is 0 Å². The van der Waals surface area contributed by atoms with Gasteiger partial charge in [0.25, 0.3) is 0 Å². The topological polar surface area (TPSA) is 80.8 Å². The van der Waals surface area contributed by atoms with Crippen LogP contribution in [-0.4, -0.2) is 65.6 Å². The number of benzene rings is 1. The molecule has 0 bridgehead atoms. The Balaban J connectivity index is 1.36. The maximum atomic E-state index is 13.6. The third-order valence-electron chi connectivity index (χ3n) is 4.51. The van der Waals surface area contributed by atoms with Crippen molar-refractivity contribution in [2.75, 3.05) is 37.8 Å². The molecule has 0 aliphatic carbocycles. The Morgan fingerprint density at radius 2 is 2.03 bits per heavy atom. The minimum atomic E-state index is -0.663. The average Bonchev–Trinajstić information content (AvgIpc) is 2.79. The molecule has 10 heteroatoms. The van der Waals surface area contributed by atoms with Crippen LogP contribution in [0.5, 0.6) is 5.75 Å². The summed E-state index contributed by atoms with van der Waals surface area (Å²) in [7, 11) is 0. The van der Waals surface area contributed by atoms with Gasteiger partial charge in [0, 0.05) is 31.5 Å². The van der Waals surface area contributed by atoms with Gasteiger partial charge in [-0.25, -0.2) is 8.78 Å². The van der Waals surface area contributed by atoms with Crippen molar-refractivity contribution in [2.45, 2.75) is 12.6 Å². The van der Waals surface area contributed by atoms with Crippen LogP contribution in [-0.2, 0) is 20.9 Å². The lowest BCUT2D eigenvalue weighted by atomic mass is 10.2. The third kappa shape index (κ3) is 7.48. The van der Waals surface area contributed by atoms with E-state index in [-0.39, 0.29) is 42.2 Å². The van der Waals surface area contributed by atoms with Crippen LogP contribution in [0.3, 0.4) is 0 Å². The predicted octanol–water partition coefficient (Wildman–Crippen LogP) is 2.02. The first-order valence-corrected chi connectivity index (χ1v) is 10.9. The van der Waals surface area contributed by atoms with Crippen LogP contribution in [0.15, 0.2) is 42.7 Å². The van der Waals surface area contributed by atoms with E-state index in [1.807, 2.05) is 12.1 Å². The molecule has 1 aliphatic rings. The van der Waals surface area contributed by atoms with Gasteiger partial charge in [-0.15, -0.1) is 11.8 Å². The molecule has 0 saturated carbocycles. The van der Waals surface area contributed by atoms with Crippen molar-refractivity contribution in [3.63, 3.8) is 0 Å². The largest absolute Gasteiger partial charge is 0.488 e. The van der Waals surface area contributed by atoms with Gasteiger partial charge in [-0.1, -0.05) is 0 Å². The molecule has 1 aliphatic heterocycles. The lowest BCUT2D eigenvalue weighted by Crippen LogP contribution is -2.48. The lowest BCUT2D eigenvalue weighted by Gasteiger charge is -2.32. The highest BCUT2D eigenvalue weighted by Gasteiger charge is 2.25. The van der Waals surface area contributed by atoms with Gasteiger partial charge in [-0.2, -0.15) is 0 Å². The zero-order valence-corrected chi connectivity index (χ0v) is 17.6. The second-order valence-electron chi connectivity index (χ2n) is 6.84. The number of thioether (sulfide) groups is 1. The first-order valence-electron chi connectivity index (χ1n) is 9.72. The summed E-state index contributed by atoms with van der Waals surface area (Å²) >= 11 is 1.23. The fourth-order valence-electron chi connectivity index (χ4n) is 2.89. The molecule has 7 nitrogen and oxygen atoms in total. The number of amides is 2. The van der Waals surface area contributed by atoms with E-state index >= 15 is 0 Å². The standard InChI is InChI=1S/C21H23F2N3O4S/c22-16-1-2-18(23)19(9-16)30-12-17-11-26(7-8-29-17)21(28)14-31-13-20(27)25-10-15-3-5-24-6-4-15/h1-6,9,17H,7-8,10-14H2,(H,25,27). The van der Waals surface area contributed by atoms with E-state index in [1.54, 1.807) is 17.3 Å². The Hall–Kier alpha value is -2.72. The van der Waals surface area contributed by atoms with E-state index in [9.17, 15) is 18.4 Å². The summed E-state index contributed by atoms with van der Waals surface area (Å²) in [6.07, 6.45) is 2.86. The molecule has 2 amide bonds. The number of carbonyl (C=O) groups is 2. The molecule has 1 aromatic carbocycles. The van der Waals surface area contributed by atoms with Gasteiger partial charge < -0.3 is 19.7 Å². The van der Waals surface area contributed by atoms with Crippen molar-refractivity contribution >= 4 is 23.6 Å². The highest BCUT2D eigenvalue weighted by atomic mass is 32.2. The number of morpholine rings is 1. The Kier molecular flexibility index (Phi) is 8.60. The Bertz CT molecular complexity index is 888. The van der Waals surface area contributed by atoms with E-state index in [1.165, 1.54) is 11.8 Å². The zero-order valence-electron chi connectivity index (χ0n) is 16.8. The molecule has 1 saturated heterocycles. The minimum Gasteiger partial charge on any atom is -0.488 e. The third-order valence-corrected chi connectivity index (χ3v) is 5.42. The first-order chi connectivity index (χ1) is 15.0. The lowest BCUT2D eigenvalue weighted by molar-refractivity contribution is -0.137. The maximum absolute atomic E-state index is 13.6. The first kappa shape index (κ1) is 23.0. The van der Waals surface area contributed by atoms with Crippen molar-refractivity contribution in [1.82, 2.24) is 15.2 Å². The number of nitrogens with zero attached hydrogens (tertiary/aromatic N) is 2. The molecule has 2 aromatic rings. The molecule has 31 heavy (non-hydrogen) atoms. The van der Waals surface area contributed by atoms with Gasteiger partial charge >= 0.3 is 0 Å². The van der Waals surface area contributed by atoms with Crippen LogP contribution in [0.1, 0.15) is 5.56 Å². The summed E-state index contributed by atoms with van der Waals surface area (Å²) < 4.78 is 37.8. The van der Waals surface area contributed by atoms with Crippen LogP contribution in [0.25, 0.3) is 0 Å². The normalized spacial score (nSPS) is 16.1. The summed E-state index contributed by atoms with van der Waals surface area (Å²) in [5, 5.41) is 2.79. The Morgan fingerprint density at radius 1 is 1.23 bits per heavy atom. The average molecular weight is 451 g/mol. The number of rotatable bonds is 9. The molecular weight excluding hydrogens is 428 g/mol. The van der Waals surface area contributed by atoms with Gasteiger partial charge in [-0.3, -0.25) is 14.6 Å². The van der Waals surface area contributed by atoms with Gasteiger partial charge in [0.05, 0.1) is 24.7 Å². The number of ether oxygens (including phenoxy) is 2. The smallest absolute Gasteiger partial charge is 0.232 e. The number of halogens is 2. The quantitative estimate of drug-likeness (QED) is 0.628. The molecular formula is C21H23F2N3O4S. The number of hydrogen-bond donors (Lipinski definition) is 1. The molecule has 1 aromatic heterocycles. The highest BCUT2D eigenvalue weighted by molar-refractivity contribution is 8.00. The van der Waals surface area contributed by atoms with Crippen LogP contribution in [0.4, 0.5) is 8.78 Å². The molecule has 1 unspecified atom stereocenters. The van der Waals surface area contributed by atoms with E-state index in [4.69, 9.17) is 9.47 Å². The van der Waals surface area contributed by atoms with Gasteiger partial charge in [-0.05, 0) is 29.8 Å². The molecule has 2 heterocycles. The molecule has 1 N–H and O–H groups in total. The number of pyridine rings is 1. The summed E-state index contributed by atoms with van der Waals surface area (Å²) in [5.41, 5.74) is 0.948. The predicted molar refractivity (Wildman–Crippen MR) is 112 cm³/mol. The van der Waals surface area contributed by atoms with E-state index < -0.39 is 17.7 Å². The number of aromatic nitrogens is 1. The van der Waals surface area contributed by atoms with Gasteiger partial charge in [0.1, 0.15) is 18.5 Å². The van der Waals surface area contributed by atoms with Crippen molar-refractivity contribution < 1.29 is 27.8 Å².